The number of halogens is 2. The standard InChI is InChI=1S/C14H17Cl2NO/c1-9(10-3-4-10)17(2)8-14(18)12-6-5-11(15)7-13(12)16/h5-7,9-10H,3-4,8H2,1-2H3. The molecule has 1 aliphatic carbocycles. The van der Waals surface area contributed by atoms with E-state index in [0.717, 1.165) is 5.92 Å². The zero-order valence-electron chi connectivity index (χ0n) is 10.6. The van der Waals surface area contributed by atoms with Crippen molar-refractivity contribution in [3.8, 4) is 0 Å². The van der Waals surface area contributed by atoms with Crippen LogP contribution in [0.2, 0.25) is 10.0 Å². The predicted octanol–water partition coefficient (Wildman–Crippen LogP) is 3.91. The molecule has 0 bridgehead atoms. The van der Waals surface area contributed by atoms with Crippen LogP contribution in [-0.2, 0) is 0 Å². The molecule has 1 aromatic carbocycles. The number of benzene rings is 1. The average molecular weight is 286 g/mol. The first-order valence-corrected chi connectivity index (χ1v) is 6.93. The molecule has 0 amide bonds. The Labute approximate surface area is 118 Å². The fourth-order valence-corrected chi connectivity index (χ4v) is 2.62. The highest BCUT2D eigenvalue weighted by atomic mass is 35.5. The molecule has 0 aliphatic heterocycles. The summed E-state index contributed by atoms with van der Waals surface area (Å²) < 4.78 is 0. The van der Waals surface area contributed by atoms with E-state index in [1.165, 1.54) is 12.8 Å². The van der Waals surface area contributed by atoms with E-state index in [1.54, 1.807) is 18.2 Å². The SMILES string of the molecule is CC(C1CC1)N(C)CC(=O)c1ccc(Cl)cc1Cl. The molecular weight excluding hydrogens is 269 g/mol. The molecule has 0 heterocycles. The third-order valence-corrected chi connectivity index (χ3v) is 4.17. The second-order valence-electron chi connectivity index (χ2n) is 5.04. The zero-order valence-corrected chi connectivity index (χ0v) is 12.1. The lowest BCUT2D eigenvalue weighted by Crippen LogP contribution is -2.35. The predicted molar refractivity (Wildman–Crippen MR) is 75.6 cm³/mol. The number of likely N-dealkylation sites (N-methyl/N-ethyl adjacent to an activating group) is 1. The first-order valence-electron chi connectivity index (χ1n) is 6.17. The minimum absolute atomic E-state index is 0.0478. The summed E-state index contributed by atoms with van der Waals surface area (Å²) in [6, 6.07) is 5.47. The van der Waals surface area contributed by atoms with Crippen molar-refractivity contribution in [3.05, 3.63) is 33.8 Å². The summed E-state index contributed by atoms with van der Waals surface area (Å²) >= 11 is 11.9. The summed E-state index contributed by atoms with van der Waals surface area (Å²) in [6.45, 7) is 2.58. The highest BCUT2D eigenvalue weighted by Crippen LogP contribution is 2.34. The van der Waals surface area contributed by atoms with Crippen molar-refractivity contribution in [2.75, 3.05) is 13.6 Å². The monoisotopic (exact) mass is 285 g/mol. The molecular formula is C14H17Cl2NO. The minimum Gasteiger partial charge on any atom is -0.296 e. The fraction of sp³-hybridized carbons (Fsp3) is 0.500. The maximum atomic E-state index is 12.2. The van der Waals surface area contributed by atoms with Gasteiger partial charge in [-0.15, -0.1) is 0 Å². The van der Waals surface area contributed by atoms with E-state index in [1.807, 2.05) is 7.05 Å². The van der Waals surface area contributed by atoms with E-state index in [9.17, 15) is 4.79 Å². The van der Waals surface area contributed by atoms with Crippen LogP contribution >= 0.6 is 23.2 Å². The largest absolute Gasteiger partial charge is 0.296 e. The van der Waals surface area contributed by atoms with Crippen LogP contribution < -0.4 is 0 Å². The molecule has 4 heteroatoms. The molecule has 0 saturated heterocycles. The van der Waals surface area contributed by atoms with Gasteiger partial charge in [-0.3, -0.25) is 9.69 Å². The van der Waals surface area contributed by atoms with Gasteiger partial charge in [0.2, 0.25) is 0 Å². The summed E-state index contributed by atoms with van der Waals surface area (Å²) in [5, 5.41) is 0.983. The van der Waals surface area contributed by atoms with Crippen LogP contribution in [0.4, 0.5) is 0 Å². The fourth-order valence-electron chi connectivity index (χ4n) is 2.11. The van der Waals surface area contributed by atoms with Gasteiger partial charge in [-0.1, -0.05) is 23.2 Å². The van der Waals surface area contributed by atoms with Gasteiger partial charge in [-0.05, 0) is 50.9 Å². The molecule has 1 unspecified atom stereocenters. The quantitative estimate of drug-likeness (QED) is 0.765. The van der Waals surface area contributed by atoms with Crippen LogP contribution in [0.3, 0.4) is 0 Å². The van der Waals surface area contributed by atoms with Crippen molar-refractivity contribution in [1.82, 2.24) is 4.90 Å². The van der Waals surface area contributed by atoms with E-state index >= 15 is 0 Å². The molecule has 0 radical (unpaired) electrons. The van der Waals surface area contributed by atoms with Gasteiger partial charge in [0, 0.05) is 16.6 Å². The summed E-state index contributed by atoms with van der Waals surface area (Å²) in [5.41, 5.74) is 0.552. The van der Waals surface area contributed by atoms with Gasteiger partial charge in [0.1, 0.15) is 0 Å². The molecule has 2 rings (SSSR count). The maximum absolute atomic E-state index is 12.2. The highest BCUT2D eigenvalue weighted by Gasteiger charge is 2.31. The Balaban J connectivity index is 2.02. The first kappa shape index (κ1) is 13.9. The minimum atomic E-state index is 0.0478. The number of Topliss-reactive ketones (excluding diaryl/α,β-unsaturated/α-hetero) is 1. The van der Waals surface area contributed by atoms with E-state index in [0.29, 0.717) is 28.2 Å². The number of carbonyl (C=O) groups is 1. The molecule has 18 heavy (non-hydrogen) atoms. The summed E-state index contributed by atoms with van der Waals surface area (Å²) in [4.78, 5) is 14.3. The van der Waals surface area contributed by atoms with Crippen molar-refractivity contribution in [3.63, 3.8) is 0 Å². The van der Waals surface area contributed by atoms with Crippen molar-refractivity contribution < 1.29 is 4.79 Å². The summed E-state index contributed by atoms with van der Waals surface area (Å²) in [7, 11) is 1.99. The Hall–Kier alpha value is -0.570. The number of rotatable bonds is 5. The Morgan fingerprint density at radius 2 is 2.11 bits per heavy atom. The van der Waals surface area contributed by atoms with Crippen LogP contribution in [0.25, 0.3) is 0 Å². The third kappa shape index (κ3) is 3.25. The van der Waals surface area contributed by atoms with Crippen LogP contribution in [0.15, 0.2) is 18.2 Å². The average Bonchev–Trinajstić information content (AvgIpc) is 3.11. The summed E-state index contributed by atoms with van der Waals surface area (Å²) in [5.74, 6) is 0.801. The lowest BCUT2D eigenvalue weighted by molar-refractivity contribution is 0.0917. The van der Waals surface area contributed by atoms with Gasteiger partial charge in [0.15, 0.2) is 5.78 Å². The van der Waals surface area contributed by atoms with Crippen molar-refractivity contribution in [1.29, 1.82) is 0 Å². The van der Waals surface area contributed by atoms with Gasteiger partial charge in [-0.25, -0.2) is 0 Å². The molecule has 98 valence electrons. The van der Waals surface area contributed by atoms with E-state index in [2.05, 4.69) is 11.8 Å². The van der Waals surface area contributed by atoms with Crippen molar-refractivity contribution >= 4 is 29.0 Å². The normalized spacial score (nSPS) is 16.9. The van der Waals surface area contributed by atoms with Gasteiger partial charge in [0.25, 0.3) is 0 Å². The molecule has 0 aromatic heterocycles. The van der Waals surface area contributed by atoms with Crippen LogP contribution in [0, 0.1) is 5.92 Å². The smallest absolute Gasteiger partial charge is 0.178 e. The molecule has 0 N–H and O–H groups in total. The number of hydrogen-bond donors (Lipinski definition) is 0. The highest BCUT2D eigenvalue weighted by molar-refractivity contribution is 6.36. The molecule has 1 atom stereocenters. The number of nitrogens with zero attached hydrogens (tertiary/aromatic N) is 1. The van der Waals surface area contributed by atoms with Crippen LogP contribution in [-0.4, -0.2) is 30.3 Å². The van der Waals surface area contributed by atoms with Gasteiger partial charge >= 0.3 is 0 Å². The summed E-state index contributed by atoms with van der Waals surface area (Å²) in [6.07, 6.45) is 2.56. The second kappa shape index (κ2) is 5.60. The van der Waals surface area contributed by atoms with Crippen molar-refractivity contribution in [2.45, 2.75) is 25.8 Å². The molecule has 2 nitrogen and oxygen atoms in total. The molecule has 1 fully saturated rings. The molecule has 0 spiro atoms. The number of hydrogen-bond acceptors (Lipinski definition) is 2. The molecule has 1 saturated carbocycles. The van der Waals surface area contributed by atoms with Crippen LogP contribution in [0.1, 0.15) is 30.1 Å². The van der Waals surface area contributed by atoms with Crippen molar-refractivity contribution in [2.24, 2.45) is 5.92 Å². The van der Waals surface area contributed by atoms with Gasteiger partial charge in [-0.2, -0.15) is 0 Å². The lowest BCUT2D eigenvalue weighted by atomic mass is 10.1. The molecule has 1 aliphatic rings. The Kier molecular flexibility index (Phi) is 4.31. The topological polar surface area (TPSA) is 20.3 Å². The third-order valence-electron chi connectivity index (χ3n) is 3.62. The van der Waals surface area contributed by atoms with E-state index < -0.39 is 0 Å². The Morgan fingerprint density at radius 3 is 2.67 bits per heavy atom. The van der Waals surface area contributed by atoms with E-state index in [-0.39, 0.29) is 5.78 Å². The first-order chi connectivity index (χ1) is 8.49. The van der Waals surface area contributed by atoms with E-state index in [4.69, 9.17) is 23.2 Å². The van der Waals surface area contributed by atoms with Gasteiger partial charge in [0.05, 0.1) is 11.6 Å². The zero-order chi connectivity index (χ0) is 13.3. The molecule has 1 aromatic rings. The second-order valence-corrected chi connectivity index (χ2v) is 5.88. The van der Waals surface area contributed by atoms with Crippen LogP contribution in [0.5, 0.6) is 0 Å². The van der Waals surface area contributed by atoms with Gasteiger partial charge < -0.3 is 0 Å². The number of ketones is 1. The number of carbonyl (C=O) groups excluding carboxylic acids is 1. The maximum Gasteiger partial charge on any atom is 0.178 e. The Bertz CT molecular complexity index is 457. The Morgan fingerprint density at radius 1 is 1.44 bits per heavy atom. The lowest BCUT2D eigenvalue weighted by Gasteiger charge is -2.23.